The summed E-state index contributed by atoms with van der Waals surface area (Å²) in [5.74, 6) is 0. The first-order chi connectivity index (χ1) is 30.2. The SMILES string of the molecule is CC1(C)c2cc(-c3ccccc3)ccc2-c2ccc(-c3ccc4c(c3)oc3cc5oc6cc(-c7ccc8c(c7)C(C)(C)c7cc(-c9ccccc9)ccc7-8)ccc6c5cc34)cc21. The highest BCUT2D eigenvalue weighted by Gasteiger charge is 2.37. The fraction of sp³-hybridized carbons (Fsp3) is 0.100. The van der Waals surface area contributed by atoms with Gasteiger partial charge in [-0.1, -0.05) is 149 Å². The van der Waals surface area contributed by atoms with Crippen molar-refractivity contribution in [2.24, 2.45) is 0 Å². The Bertz CT molecular complexity index is 3430. The van der Waals surface area contributed by atoms with Crippen molar-refractivity contribution >= 4 is 43.9 Å². The van der Waals surface area contributed by atoms with Crippen LogP contribution in [0.15, 0.2) is 191 Å². The van der Waals surface area contributed by atoms with Crippen molar-refractivity contribution in [1.82, 2.24) is 0 Å². The molecule has 62 heavy (non-hydrogen) atoms. The van der Waals surface area contributed by atoms with E-state index >= 15 is 0 Å². The van der Waals surface area contributed by atoms with E-state index in [1.807, 2.05) is 0 Å². The van der Waals surface area contributed by atoms with Crippen LogP contribution in [0, 0.1) is 0 Å². The average molecular weight is 795 g/mol. The molecular formula is C60H42O2. The predicted octanol–water partition coefficient (Wildman–Crippen LogP) is 16.8. The number of furan rings is 2. The monoisotopic (exact) mass is 794 g/mol. The Morgan fingerprint density at radius 3 is 0.935 bits per heavy atom. The van der Waals surface area contributed by atoms with Gasteiger partial charge in [-0.3, -0.25) is 0 Å². The van der Waals surface area contributed by atoms with Gasteiger partial charge in [-0.2, -0.15) is 0 Å². The molecular weight excluding hydrogens is 753 g/mol. The summed E-state index contributed by atoms with van der Waals surface area (Å²) in [7, 11) is 0. The first-order valence-corrected chi connectivity index (χ1v) is 21.7. The van der Waals surface area contributed by atoms with Gasteiger partial charge in [0.2, 0.25) is 0 Å². The fourth-order valence-corrected chi connectivity index (χ4v) is 10.9. The van der Waals surface area contributed by atoms with E-state index in [9.17, 15) is 0 Å². The Labute approximate surface area is 360 Å². The minimum absolute atomic E-state index is 0.120. The van der Waals surface area contributed by atoms with Crippen molar-refractivity contribution in [3.8, 4) is 66.8 Å². The lowest BCUT2D eigenvalue weighted by atomic mass is 9.81. The summed E-state index contributed by atoms with van der Waals surface area (Å²) >= 11 is 0. The summed E-state index contributed by atoms with van der Waals surface area (Å²) in [6.45, 7) is 9.42. The smallest absolute Gasteiger partial charge is 0.139 e. The summed E-state index contributed by atoms with van der Waals surface area (Å²) in [6, 6.07) is 66.8. The Morgan fingerprint density at radius 1 is 0.258 bits per heavy atom. The molecule has 13 rings (SSSR count). The van der Waals surface area contributed by atoms with Crippen LogP contribution in [0.25, 0.3) is 111 Å². The number of hydrogen-bond donors (Lipinski definition) is 0. The van der Waals surface area contributed by atoms with Crippen LogP contribution in [0.2, 0.25) is 0 Å². The zero-order valence-corrected chi connectivity index (χ0v) is 35.1. The summed E-state index contributed by atoms with van der Waals surface area (Å²) in [6.07, 6.45) is 0. The standard InChI is InChI=1S/C60H42O2/c1-59(2)51-27-37(35-11-7-5-8-12-35)15-21-43(51)45-23-17-39(29-53(45)59)41-19-25-47-49-33-50-48-26-20-42(32-56(48)62-58(50)34-57(49)61-55(47)31-41)40-18-24-46-44-22-16-38(36-13-9-6-10-14-36)28-52(44)60(3,4)54(46)30-40/h5-34H,1-4H3. The molecule has 2 aliphatic carbocycles. The molecule has 0 amide bonds. The summed E-state index contributed by atoms with van der Waals surface area (Å²) < 4.78 is 13.2. The maximum absolute atomic E-state index is 6.61. The highest BCUT2D eigenvalue weighted by Crippen LogP contribution is 2.52. The van der Waals surface area contributed by atoms with Crippen molar-refractivity contribution in [3.05, 3.63) is 204 Å². The second kappa shape index (κ2) is 12.6. The van der Waals surface area contributed by atoms with E-state index in [-0.39, 0.29) is 10.8 Å². The van der Waals surface area contributed by atoms with Crippen molar-refractivity contribution < 1.29 is 8.83 Å². The molecule has 2 aliphatic rings. The first-order valence-electron chi connectivity index (χ1n) is 21.7. The van der Waals surface area contributed by atoms with Gasteiger partial charge in [0, 0.05) is 38.4 Å². The zero-order chi connectivity index (χ0) is 41.5. The van der Waals surface area contributed by atoms with E-state index in [0.717, 1.165) is 55.0 Å². The third-order valence-corrected chi connectivity index (χ3v) is 14.3. The minimum atomic E-state index is -0.120. The van der Waals surface area contributed by atoms with E-state index in [0.29, 0.717) is 0 Å². The largest absolute Gasteiger partial charge is 0.456 e. The van der Waals surface area contributed by atoms with Gasteiger partial charge in [0.1, 0.15) is 22.3 Å². The van der Waals surface area contributed by atoms with Gasteiger partial charge in [-0.05, 0) is 144 Å². The predicted molar refractivity (Wildman–Crippen MR) is 258 cm³/mol. The van der Waals surface area contributed by atoms with Crippen LogP contribution in [0.4, 0.5) is 0 Å². The van der Waals surface area contributed by atoms with Crippen molar-refractivity contribution in [2.45, 2.75) is 38.5 Å². The normalized spacial score (nSPS) is 14.4. The molecule has 2 heterocycles. The number of hydrogen-bond acceptors (Lipinski definition) is 2. The van der Waals surface area contributed by atoms with Crippen LogP contribution in [0.1, 0.15) is 49.9 Å². The molecule has 9 aromatic carbocycles. The molecule has 294 valence electrons. The third-order valence-electron chi connectivity index (χ3n) is 14.3. The lowest BCUT2D eigenvalue weighted by Gasteiger charge is -2.22. The molecule has 0 radical (unpaired) electrons. The molecule has 0 spiro atoms. The van der Waals surface area contributed by atoms with Gasteiger partial charge in [-0.15, -0.1) is 0 Å². The molecule has 0 N–H and O–H groups in total. The maximum atomic E-state index is 6.61. The summed E-state index contributed by atoms with van der Waals surface area (Å²) in [5.41, 5.74) is 23.6. The summed E-state index contributed by atoms with van der Waals surface area (Å²) in [4.78, 5) is 0. The fourth-order valence-electron chi connectivity index (χ4n) is 10.9. The van der Waals surface area contributed by atoms with Gasteiger partial charge in [0.25, 0.3) is 0 Å². The Morgan fingerprint density at radius 2 is 0.565 bits per heavy atom. The van der Waals surface area contributed by atoms with Crippen molar-refractivity contribution in [3.63, 3.8) is 0 Å². The number of rotatable bonds is 4. The number of fused-ring (bicyclic) bond motifs is 12. The lowest BCUT2D eigenvalue weighted by Crippen LogP contribution is -2.15. The zero-order valence-electron chi connectivity index (χ0n) is 35.1. The maximum Gasteiger partial charge on any atom is 0.139 e. The van der Waals surface area contributed by atoms with Crippen LogP contribution in [0.3, 0.4) is 0 Å². The molecule has 2 heteroatoms. The van der Waals surface area contributed by atoms with Crippen LogP contribution >= 0.6 is 0 Å². The van der Waals surface area contributed by atoms with Crippen LogP contribution in [0.5, 0.6) is 0 Å². The molecule has 2 aromatic heterocycles. The highest BCUT2D eigenvalue weighted by molar-refractivity contribution is 6.15. The second-order valence-corrected chi connectivity index (χ2v) is 18.5. The quantitative estimate of drug-likeness (QED) is 0.177. The molecule has 11 aromatic rings. The van der Waals surface area contributed by atoms with Crippen molar-refractivity contribution in [2.75, 3.05) is 0 Å². The highest BCUT2D eigenvalue weighted by atomic mass is 16.3. The van der Waals surface area contributed by atoms with Gasteiger partial charge < -0.3 is 8.83 Å². The van der Waals surface area contributed by atoms with E-state index < -0.39 is 0 Å². The first kappa shape index (κ1) is 35.3. The molecule has 0 unspecified atom stereocenters. The molecule has 0 atom stereocenters. The molecule has 0 bridgehead atoms. The van der Waals surface area contributed by atoms with Crippen molar-refractivity contribution in [1.29, 1.82) is 0 Å². The molecule has 2 nitrogen and oxygen atoms in total. The van der Waals surface area contributed by atoms with Gasteiger partial charge in [-0.25, -0.2) is 0 Å². The average Bonchev–Trinajstić information content (AvgIpc) is 3.99. The summed E-state index contributed by atoms with van der Waals surface area (Å²) in [5, 5.41) is 4.41. The minimum Gasteiger partial charge on any atom is -0.456 e. The molecule has 0 fully saturated rings. The van der Waals surface area contributed by atoms with Gasteiger partial charge in [0.15, 0.2) is 0 Å². The van der Waals surface area contributed by atoms with E-state index in [4.69, 9.17) is 8.83 Å². The Kier molecular flexibility index (Phi) is 7.16. The van der Waals surface area contributed by atoms with Crippen LogP contribution < -0.4 is 0 Å². The Balaban J connectivity index is 0.822. The molecule has 0 saturated carbocycles. The van der Waals surface area contributed by atoms with E-state index in [2.05, 4.69) is 210 Å². The van der Waals surface area contributed by atoms with Crippen LogP contribution in [-0.4, -0.2) is 0 Å². The number of benzene rings is 9. The van der Waals surface area contributed by atoms with Gasteiger partial charge >= 0.3 is 0 Å². The Hall–Kier alpha value is -7.42. The molecule has 0 saturated heterocycles. The van der Waals surface area contributed by atoms with Crippen LogP contribution in [-0.2, 0) is 10.8 Å². The topological polar surface area (TPSA) is 26.3 Å². The van der Waals surface area contributed by atoms with E-state index in [1.54, 1.807) is 0 Å². The lowest BCUT2D eigenvalue weighted by molar-refractivity contribution is 0.656. The molecule has 0 aliphatic heterocycles. The van der Waals surface area contributed by atoms with Gasteiger partial charge in [0.05, 0.1) is 0 Å². The van der Waals surface area contributed by atoms with E-state index in [1.165, 1.54) is 77.9 Å². The third kappa shape index (κ3) is 5.04. The second-order valence-electron chi connectivity index (χ2n) is 18.5.